The van der Waals surface area contributed by atoms with Gasteiger partial charge in [-0.3, -0.25) is 4.79 Å². The van der Waals surface area contributed by atoms with Crippen molar-refractivity contribution in [2.75, 3.05) is 6.54 Å². The Labute approximate surface area is 95.9 Å². The van der Waals surface area contributed by atoms with Crippen molar-refractivity contribution >= 4 is 5.78 Å². The van der Waals surface area contributed by atoms with Crippen molar-refractivity contribution in [3.63, 3.8) is 0 Å². The van der Waals surface area contributed by atoms with E-state index in [2.05, 4.69) is 5.32 Å². The molecule has 0 unspecified atom stereocenters. The third kappa shape index (κ3) is 5.03. The third-order valence-electron chi connectivity index (χ3n) is 2.13. The highest BCUT2D eigenvalue weighted by Crippen LogP contribution is 2.04. The predicted octanol–water partition coefficient (Wildman–Crippen LogP) is 2.33. The molecule has 0 aromatic heterocycles. The van der Waals surface area contributed by atoms with Gasteiger partial charge in [-0.15, -0.1) is 0 Å². The van der Waals surface area contributed by atoms with Gasteiger partial charge in [0, 0.05) is 12.0 Å². The van der Waals surface area contributed by atoms with Gasteiger partial charge in [0.15, 0.2) is 5.78 Å². The summed E-state index contributed by atoms with van der Waals surface area (Å²) in [6.45, 7) is 6.38. The number of halogens is 1. The molecule has 0 fully saturated rings. The van der Waals surface area contributed by atoms with E-state index in [4.69, 9.17) is 0 Å². The molecule has 0 radical (unpaired) electrons. The van der Waals surface area contributed by atoms with E-state index in [0.29, 0.717) is 13.0 Å². The fourth-order valence-electron chi connectivity index (χ4n) is 1.26. The zero-order valence-electron chi connectivity index (χ0n) is 10.0. The first-order valence-corrected chi connectivity index (χ1v) is 5.38. The molecule has 0 atom stereocenters. The van der Waals surface area contributed by atoms with Gasteiger partial charge in [-0.2, -0.15) is 0 Å². The van der Waals surface area contributed by atoms with Gasteiger partial charge >= 0.3 is 0 Å². The van der Waals surface area contributed by atoms with Crippen molar-refractivity contribution in [1.82, 2.24) is 5.32 Å². The van der Waals surface area contributed by atoms with Crippen LogP contribution in [0.2, 0.25) is 0 Å². The number of Topliss-reactive ketones (excluding diaryl/α,β-unsaturated/α-hetero) is 1. The Hall–Kier alpha value is -1.22. The normalized spacial score (nSPS) is 11.5. The summed E-state index contributed by atoms with van der Waals surface area (Å²) in [4.78, 5) is 11.6. The van der Waals surface area contributed by atoms with E-state index in [1.807, 2.05) is 20.8 Å². The molecule has 0 aliphatic heterocycles. The number of benzene rings is 1. The van der Waals surface area contributed by atoms with E-state index < -0.39 is 0 Å². The Kier molecular flexibility index (Phi) is 4.19. The second-order valence-corrected chi connectivity index (χ2v) is 4.95. The Morgan fingerprint density at radius 2 is 1.81 bits per heavy atom. The maximum absolute atomic E-state index is 12.6. The van der Waals surface area contributed by atoms with Crippen LogP contribution in [-0.2, 0) is 11.2 Å². The molecule has 2 nitrogen and oxygen atoms in total. The summed E-state index contributed by atoms with van der Waals surface area (Å²) in [7, 11) is 0. The summed E-state index contributed by atoms with van der Waals surface area (Å²) >= 11 is 0. The molecular formula is C13H18FNO. The number of ketones is 1. The van der Waals surface area contributed by atoms with Gasteiger partial charge in [0.1, 0.15) is 5.82 Å². The zero-order chi connectivity index (χ0) is 12.2. The van der Waals surface area contributed by atoms with Crippen LogP contribution in [0.15, 0.2) is 24.3 Å². The van der Waals surface area contributed by atoms with Gasteiger partial charge in [0.2, 0.25) is 0 Å². The number of hydrogen-bond donors (Lipinski definition) is 1. The summed E-state index contributed by atoms with van der Waals surface area (Å²) in [5.74, 6) is -0.162. The topological polar surface area (TPSA) is 29.1 Å². The van der Waals surface area contributed by atoms with Gasteiger partial charge < -0.3 is 5.32 Å². The zero-order valence-corrected chi connectivity index (χ0v) is 10.0. The van der Waals surface area contributed by atoms with Crippen molar-refractivity contribution in [3.8, 4) is 0 Å². The monoisotopic (exact) mass is 223 g/mol. The number of carbonyl (C=O) groups is 1. The van der Waals surface area contributed by atoms with Crippen LogP contribution in [0.5, 0.6) is 0 Å². The molecule has 1 rings (SSSR count). The van der Waals surface area contributed by atoms with Gasteiger partial charge in [0.05, 0.1) is 6.54 Å². The van der Waals surface area contributed by atoms with E-state index >= 15 is 0 Å². The van der Waals surface area contributed by atoms with Crippen molar-refractivity contribution in [2.24, 2.45) is 0 Å². The molecule has 0 bridgehead atoms. The molecule has 1 aromatic rings. The Morgan fingerprint density at radius 3 is 2.31 bits per heavy atom. The highest BCUT2D eigenvalue weighted by molar-refractivity contribution is 5.82. The molecule has 1 aromatic carbocycles. The summed E-state index contributed by atoms with van der Waals surface area (Å²) in [6.07, 6.45) is 0.351. The van der Waals surface area contributed by atoms with Gasteiger partial charge in [-0.25, -0.2) is 4.39 Å². The highest BCUT2D eigenvalue weighted by Gasteiger charge is 2.11. The van der Waals surface area contributed by atoms with Crippen molar-refractivity contribution < 1.29 is 9.18 Å². The molecule has 0 heterocycles. The number of carbonyl (C=O) groups excluding carboxylic acids is 1. The molecule has 3 heteroatoms. The van der Waals surface area contributed by atoms with Crippen LogP contribution >= 0.6 is 0 Å². The van der Waals surface area contributed by atoms with Gasteiger partial charge in [-0.05, 0) is 38.5 Å². The lowest BCUT2D eigenvalue weighted by Gasteiger charge is -2.19. The van der Waals surface area contributed by atoms with E-state index in [-0.39, 0.29) is 17.1 Å². The summed E-state index contributed by atoms with van der Waals surface area (Å²) in [6, 6.07) is 6.04. The summed E-state index contributed by atoms with van der Waals surface area (Å²) in [5.41, 5.74) is 0.792. The SMILES string of the molecule is CC(C)(C)NCC(=O)Cc1ccc(F)cc1. The van der Waals surface area contributed by atoms with Crippen LogP contribution < -0.4 is 5.32 Å². The minimum atomic E-state index is -0.274. The lowest BCUT2D eigenvalue weighted by atomic mass is 10.1. The summed E-state index contributed by atoms with van der Waals surface area (Å²) in [5, 5.41) is 3.13. The van der Waals surface area contributed by atoms with Gasteiger partial charge in [-0.1, -0.05) is 12.1 Å². The van der Waals surface area contributed by atoms with E-state index in [1.54, 1.807) is 12.1 Å². The fourth-order valence-corrected chi connectivity index (χ4v) is 1.26. The average molecular weight is 223 g/mol. The van der Waals surface area contributed by atoms with E-state index in [1.165, 1.54) is 12.1 Å². The number of nitrogens with one attached hydrogen (secondary N) is 1. The number of rotatable bonds is 4. The molecule has 0 aliphatic carbocycles. The molecule has 1 N–H and O–H groups in total. The minimum Gasteiger partial charge on any atom is -0.305 e. The van der Waals surface area contributed by atoms with Crippen LogP contribution in [0.3, 0.4) is 0 Å². The van der Waals surface area contributed by atoms with Gasteiger partial charge in [0.25, 0.3) is 0 Å². The molecular weight excluding hydrogens is 205 g/mol. The van der Waals surface area contributed by atoms with Crippen molar-refractivity contribution in [3.05, 3.63) is 35.6 Å². The first-order valence-electron chi connectivity index (χ1n) is 5.38. The quantitative estimate of drug-likeness (QED) is 0.848. The Balaban J connectivity index is 2.43. The first-order chi connectivity index (χ1) is 7.37. The maximum atomic E-state index is 12.6. The highest BCUT2D eigenvalue weighted by atomic mass is 19.1. The second-order valence-electron chi connectivity index (χ2n) is 4.95. The second kappa shape index (κ2) is 5.21. The van der Waals surface area contributed by atoms with Crippen molar-refractivity contribution in [1.29, 1.82) is 0 Å². The smallest absolute Gasteiger partial charge is 0.150 e. The summed E-state index contributed by atoms with van der Waals surface area (Å²) < 4.78 is 12.6. The van der Waals surface area contributed by atoms with E-state index in [9.17, 15) is 9.18 Å². The Morgan fingerprint density at radius 1 is 1.25 bits per heavy atom. The largest absolute Gasteiger partial charge is 0.305 e. The third-order valence-corrected chi connectivity index (χ3v) is 2.13. The number of hydrogen-bond acceptors (Lipinski definition) is 2. The molecule has 0 aliphatic rings. The van der Waals surface area contributed by atoms with Crippen LogP contribution in [0.1, 0.15) is 26.3 Å². The first kappa shape index (κ1) is 12.8. The predicted molar refractivity (Wildman–Crippen MR) is 62.9 cm³/mol. The van der Waals surface area contributed by atoms with Crippen molar-refractivity contribution in [2.45, 2.75) is 32.7 Å². The van der Waals surface area contributed by atoms with Crippen LogP contribution in [0.25, 0.3) is 0 Å². The van der Waals surface area contributed by atoms with Crippen LogP contribution in [0.4, 0.5) is 4.39 Å². The van der Waals surface area contributed by atoms with Crippen LogP contribution in [0, 0.1) is 5.82 Å². The maximum Gasteiger partial charge on any atom is 0.150 e. The Bertz CT molecular complexity index is 351. The minimum absolute atomic E-state index is 0.0571. The molecule has 0 spiro atoms. The standard InChI is InChI=1S/C13H18FNO/c1-13(2,3)15-9-12(16)8-10-4-6-11(14)7-5-10/h4-7,15H,8-9H2,1-3H3. The molecule has 0 saturated carbocycles. The van der Waals surface area contributed by atoms with E-state index in [0.717, 1.165) is 5.56 Å². The van der Waals surface area contributed by atoms with Crippen LogP contribution in [-0.4, -0.2) is 17.9 Å². The fraction of sp³-hybridized carbons (Fsp3) is 0.462. The lowest BCUT2D eigenvalue weighted by molar-refractivity contribution is -0.117. The molecule has 0 amide bonds. The molecule has 0 saturated heterocycles. The average Bonchev–Trinajstić information content (AvgIpc) is 2.18. The molecule has 88 valence electrons. The molecule has 16 heavy (non-hydrogen) atoms. The lowest BCUT2D eigenvalue weighted by Crippen LogP contribution is -2.39.